The van der Waals surface area contributed by atoms with Crippen LogP contribution in [0.4, 0.5) is 0 Å². The maximum Gasteiger partial charge on any atom is 0.220 e. The summed E-state index contributed by atoms with van der Waals surface area (Å²) >= 11 is 0. The van der Waals surface area contributed by atoms with Crippen molar-refractivity contribution in [1.29, 1.82) is 0 Å². The Labute approximate surface area is 86.4 Å². The molecule has 1 saturated carbocycles. The number of nitrogens with one attached hydrogen (secondary N) is 1. The minimum absolute atomic E-state index is 0.162. The zero-order valence-electron chi connectivity index (χ0n) is 9.09. The van der Waals surface area contributed by atoms with E-state index in [1.165, 1.54) is 19.3 Å². The Balaban J connectivity index is 2.05. The maximum absolute atomic E-state index is 11.3. The van der Waals surface area contributed by atoms with Gasteiger partial charge < -0.3 is 11.1 Å². The lowest BCUT2D eigenvalue weighted by atomic mass is 10.1. The average Bonchev–Trinajstić information content (AvgIpc) is 2.58. The molecule has 1 rings (SSSR count). The molecular formula is C11H22N2O. The second kappa shape index (κ2) is 6.02. The third-order valence-corrected chi connectivity index (χ3v) is 3.00. The minimum Gasteiger partial charge on any atom is -0.356 e. The van der Waals surface area contributed by atoms with Crippen LogP contribution in [0.5, 0.6) is 0 Å². The molecule has 3 N–H and O–H groups in total. The molecule has 0 aliphatic heterocycles. The topological polar surface area (TPSA) is 55.1 Å². The van der Waals surface area contributed by atoms with E-state index in [1.54, 1.807) is 0 Å². The second-order valence-corrected chi connectivity index (χ2v) is 4.48. The number of hydrogen-bond donors (Lipinski definition) is 2. The first-order chi connectivity index (χ1) is 6.72. The predicted octanol–water partition coefficient (Wildman–Crippen LogP) is 1.28. The Morgan fingerprint density at radius 2 is 2.29 bits per heavy atom. The van der Waals surface area contributed by atoms with E-state index in [-0.39, 0.29) is 5.91 Å². The van der Waals surface area contributed by atoms with Gasteiger partial charge in [-0.3, -0.25) is 4.79 Å². The van der Waals surface area contributed by atoms with Crippen LogP contribution in [0.3, 0.4) is 0 Å². The van der Waals surface area contributed by atoms with E-state index in [4.69, 9.17) is 5.73 Å². The van der Waals surface area contributed by atoms with Gasteiger partial charge in [0.15, 0.2) is 0 Å². The smallest absolute Gasteiger partial charge is 0.220 e. The summed E-state index contributed by atoms with van der Waals surface area (Å²) in [6.07, 6.45) is 5.25. The van der Waals surface area contributed by atoms with Crippen LogP contribution in [0.1, 0.15) is 39.0 Å². The SMILES string of the molecule is CC1CCC(CNC(=O)CCCN)C1. The van der Waals surface area contributed by atoms with Gasteiger partial charge in [0.1, 0.15) is 0 Å². The van der Waals surface area contributed by atoms with Crippen LogP contribution in [0.25, 0.3) is 0 Å². The minimum atomic E-state index is 0.162. The van der Waals surface area contributed by atoms with Crippen molar-refractivity contribution in [2.24, 2.45) is 17.6 Å². The van der Waals surface area contributed by atoms with E-state index >= 15 is 0 Å². The van der Waals surface area contributed by atoms with Gasteiger partial charge in [0.2, 0.25) is 5.91 Å². The molecule has 0 saturated heterocycles. The van der Waals surface area contributed by atoms with Gasteiger partial charge in [-0.15, -0.1) is 0 Å². The summed E-state index contributed by atoms with van der Waals surface area (Å²) in [4.78, 5) is 11.3. The summed E-state index contributed by atoms with van der Waals surface area (Å²) in [7, 11) is 0. The highest BCUT2D eigenvalue weighted by Gasteiger charge is 2.21. The molecular weight excluding hydrogens is 176 g/mol. The predicted molar refractivity (Wildman–Crippen MR) is 57.8 cm³/mol. The van der Waals surface area contributed by atoms with Gasteiger partial charge >= 0.3 is 0 Å². The van der Waals surface area contributed by atoms with Gasteiger partial charge in [0.25, 0.3) is 0 Å². The fourth-order valence-electron chi connectivity index (χ4n) is 2.12. The molecule has 0 spiro atoms. The van der Waals surface area contributed by atoms with Crippen LogP contribution in [0.2, 0.25) is 0 Å². The number of rotatable bonds is 5. The van der Waals surface area contributed by atoms with E-state index in [0.29, 0.717) is 18.9 Å². The van der Waals surface area contributed by atoms with Crippen molar-refractivity contribution in [3.05, 3.63) is 0 Å². The molecule has 0 heterocycles. The lowest BCUT2D eigenvalue weighted by molar-refractivity contribution is -0.121. The molecule has 1 amide bonds. The van der Waals surface area contributed by atoms with Crippen molar-refractivity contribution in [1.82, 2.24) is 5.32 Å². The molecule has 1 aliphatic rings. The summed E-state index contributed by atoms with van der Waals surface area (Å²) in [5.74, 6) is 1.72. The number of carbonyl (C=O) groups is 1. The molecule has 0 aromatic carbocycles. The molecule has 1 fully saturated rings. The Morgan fingerprint density at radius 3 is 2.86 bits per heavy atom. The standard InChI is InChI=1S/C11H22N2O/c1-9-4-5-10(7-9)8-13-11(14)3-2-6-12/h9-10H,2-8,12H2,1H3,(H,13,14). The highest BCUT2D eigenvalue weighted by atomic mass is 16.1. The van der Waals surface area contributed by atoms with Crippen LogP contribution >= 0.6 is 0 Å². The van der Waals surface area contributed by atoms with E-state index < -0.39 is 0 Å². The number of nitrogens with two attached hydrogens (primary N) is 1. The second-order valence-electron chi connectivity index (χ2n) is 4.48. The first-order valence-electron chi connectivity index (χ1n) is 5.69. The van der Waals surface area contributed by atoms with E-state index in [9.17, 15) is 4.79 Å². The zero-order chi connectivity index (χ0) is 10.4. The van der Waals surface area contributed by atoms with Crippen molar-refractivity contribution in [2.45, 2.75) is 39.0 Å². The lowest BCUT2D eigenvalue weighted by Gasteiger charge is -2.10. The van der Waals surface area contributed by atoms with Crippen LogP contribution in [0.15, 0.2) is 0 Å². The molecule has 3 nitrogen and oxygen atoms in total. The van der Waals surface area contributed by atoms with Crippen LogP contribution in [-0.4, -0.2) is 19.0 Å². The summed E-state index contributed by atoms with van der Waals surface area (Å²) in [6, 6.07) is 0. The van der Waals surface area contributed by atoms with Gasteiger partial charge in [0.05, 0.1) is 0 Å². The fraction of sp³-hybridized carbons (Fsp3) is 0.909. The molecule has 0 radical (unpaired) electrons. The van der Waals surface area contributed by atoms with Crippen molar-refractivity contribution in [2.75, 3.05) is 13.1 Å². The van der Waals surface area contributed by atoms with E-state index in [0.717, 1.165) is 18.9 Å². The van der Waals surface area contributed by atoms with Gasteiger partial charge in [-0.2, -0.15) is 0 Å². The number of carbonyl (C=O) groups excluding carboxylic acids is 1. The van der Waals surface area contributed by atoms with Gasteiger partial charge in [-0.25, -0.2) is 0 Å². The maximum atomic E-state index is 11.3. The third kappa shape index (κ3) is 4.09. The van der Waals surface area contributed by atoms with Crippen LogP contribution in [0, 0.1) is 11.8 Å². The molecule has 2 unspecified atom stereocenters. The molecule has 0 aromatic heterocycles. The van der Waals surface area contributed by atoms with E-state index in [2.05, 4.69) is 12.2 Å². The lowest BCUT2D eigenvalue weighted by Crippen LogP contribution is -2.28. The summed E-state index contributed by atoms with van der Waals surface area (Å²) in [6.45, 7) is 3.76. The fourth-order valence-corrected chi connectivity index (χ4v) is 2.12. The quantitative estimate of drug-likeness (QED) is 0.699. The van der Waals surface area contributed by atoms with Gasteiger partial charge in [-0.05, 0) is 37.6 Å². The van der Waals surface area contributed by atoms with Crippen molar-refractivity contribution >= 4 is 5.91 Å². The largest absolute Gasteiger partial charge is 0.356 e. The monoisotopic (exact) mass is 198 g/mol. The first kappa shape index (κ1) is 11.5. The Morgan fingerprint density at radius 1 is 1.50 bits per heavy atom. The average molecular weight is 198 g/mol. The molecule has 0 aromatic rings. The van der Waals surface area contributed by atoms with Crippen molar-refractivity contribution in [3.63, 3.8) is 0 Å². The Bertz CT molecular complexity index is 182. The number of hydrogen-bond acceptors (Lipinski definition) is 2. The normalized spacial score (nSPS) is 26.4. The molecule has 82 valence electrons. The highest BCUT2D eigenvalue weighted by Crippen LogP contribution is 2.29. The molecule has 14 heavy (non-hydrogen) atoms. The third-order valence-electron chi connectivity index (χ3n) is 3.00. The van der Waals surface area contributed by atoms with E-state index in [1.807, 2.05) is 0 Å². The Hall–Kier alpha value is -0.570. The number of amides is 1. The molecule has 2 atom stereocenters. The Kier molecular flexibility index (Phi) is 4.94. The van der Waals surface area contributed by atoms with Crippen molar-refractivity contribution in [3.8, 4) is 0 Å². The molecule has 0 bridgehead atoms. The van der Waals surface area contributed by atoms with Crippen LogP contribution in [-0.2, 0) is 4.79 Å². The molecule has 3 heteroatoms. The summed E-state index contributed by atoms with van der Waals surface area (Å²) in [5.41, 5.74) is 5.33. The van der Waals surface area contributed by atoms with Gasteiger partial charge in [0, 0.05) is 13.0 Å². The summed E-state index contributed by atoms with van der Waals surface area (Å²) in [5, 5.41) is 2.99. The van der Waals surface area contributed by atoms with Crippen molar-refractivity contribution < 1.29 is 4.79 Å². The molecule has 1 aliphatic carbocycles. The van der Waals surface area contributed by atoms with Gasteiger partial charge in [-0.1, -0.05) is 13.3 Å². The summed E-state index contributed by atoms with van der Waals surface area (Å²) < 4.78 is 0. The first-order valence-corrected chi connectivity index (χ1v) is 5.69. The van der Waals surface area contributed by atoms with Crippen LogP contribution < -0.4 is 11.1 Å². The highest BCUT2D eigenvalue weighted by molar-refractivity contribution is 5.75. The zero-order valence-corrected chi connectivity index (χ0v) is 9.09.